The summed E-state index contributed by atoms with van der Waals surface area (Å²) < 4.78 is 40.9. The van der Waals surface area contributed by atoms with Gasteiger partial charge >= 0.3 is 0 Å². The highest BCUT2D eigenvalue weighted by atomic mass is 19.1. The van der Waals surface area contributed by atoms with Gasteiger partial charge in [0.1, 0.15) is 11.6 Å². The molecule has 1 aliphatic rings. The van der Waals surface area contributed by atoms with E-state index in [1.807, 2.05) is 0 Å². The van der Waals surface area contributed by atoms with E-state index >= 15 is 0 Å². The highest BCUT2D eigenvalue weighted by molar-refractivity contribution is 5.79. The molecule has 120 valence electrons. The van der Waals surface area contributed by atoms with E-state index in [-0.39, 0.29) is 29.5 Å². The molecule has 0 unspecified atom stereocenters. The van der Waals surface area contributed by atoms with Gasteiger partial charge in [0, 0.05) is 13.1 Å². The third kappa shape index (κ3) is 2.62. The van der Waals surface area contributed by atoms with Gasteiger partial charge in [-0.05, 0) is 32.6 Å². The van der Waals surface area contributed by atoms with Gasteiger partial charge in [-0.25, -0.2) is 8.78 Å². The molecule has 1 aromatic carbocycles. The van der Waals surface area contributed by atoms with E-state index in [0.717, 1.165) is 25.7 Å². The minimum absolute atomic E-state index is 0.100. The molecule has 0 saturated heterocycles. The first kappa shape index (κ1) is 15.1. The topological polar surface area (TPSA) is 36.3 Å². The van der Waals surface area contributed by atoms with Crippen LogP contribution in [0.1, 0.15) is 39.0 Å². The summed E-state index contributed by atoms with van der Waals surface area (Å²) in [5.74, 6) is -1.83. The van der Waals surface area contributed by atoms with Crippen LogP contribution >= 0.6 is 0 Å². The molecular weight excluding hydrogens is 290 g/mol. The first-order valence-corrected chi connectivity index (χ1v) is 7.75. The Bertz CT molecular complexity index is 679. The maximum absolute atomic E-state index is 14.5. The molecule has 2 aromatic rings. The molecule has 0 amide bonds. The van der Waals surface area contributed by atoms with Gasteiger partial charge in [0.05, 0.1) is 12.1 Å². The number of imidazole rings is 1. The molecule has 4 nitrogen and oxygen atoms in total. The predicted octanol–water partition coefficient (Wildman–Crippen LogP) is 3.96. The Balaban J connectivity index is 1.99. The monoisotopic (exact) mass is 310 g/mol. The standard InChI is InChI=1S/C16H20F2N2O2/c1-3-21-15-11(17)9-12-14(13(15)18)20(2)16(19-12)22-10-7-5-4-6-8-10/h9-10H,3-8H2,1-2H3. The minimum atomic E-state index is -0.742. The van der Waals surface area contributed by atoms with Crippen molar-refractivity contribution in [2.75, 3.05) is 6.61 Å². The lowest BCUT2D eigenvalue weighted by Gasteiger charge is -2.22. The molecule has 0 spiro atoms. The van der Waals surface area contributed by atoms with Gasteiger partial charge in [0.25, 0.3) is 6.01 Å². The Labute approximate surface area is 128 Å². The number of fused-ring (bicyclic) bond motifs is 1. The molecule has 3 rings (SSSR count). The zero-order valence-electron chi connectivity index (χ0n) is 12.9. The number of halogens is 2. The van der Waals surface area contributed by atoms with E-state index in [2.05, 4.69) is 4.98 Å². The van der Waals surface area contributed by atoms with E-state index in [9.17, 15) is 8.78 Å². The number of rotatable bonds is 4. The van der Waals surface area contributed by atoms with Gasteiger partial charge in [0.2, 0.25) is 0 Å². The summed E-state index contributed by atoms with van der Waals surface area (Å²) in [6, 6.07) is 1.52. The van der Waals surface area contributed by atoms with Crippen molar-refractivity contribution in [3.63, 3.8) is 0 Å². The lowest BCUT2D eigenvalue weighted by atomic mass is 9.98. The average molecular weight is 310 g/mol. The molecule has 0 atom stereocenters. The van der Waals surface area contributed by atoms with Gasteiger partial charge in [-0.1, -0.05) is 6.42 Å². The minimum Gasteiger partial charge on any atom is -0.488 e. The number of aromatic nitrogens is 2. The molecule has 1 fully saturated rings. The second-order valence-corrected chi connectivity index (χ2v) is 5.63. The molecule has 0 radical (unpaired) electrons. The normalized spacial score (nSPS) is 16.2. The molecule has 1 heterocycles. The summed E-state index contributed by atoms with van der Waals surface area (Å²) in [4.78, 5) is 4.23. The van der Waals surface area contributed by atoms with E-state index < -0.39 is 11.6 Å². The molecule has 0 bridgehead atoms. The van der Waals surface area contributed by atoms with Crippen LogP contribution in [0.5, 0.6) is 11.8 Å². The van der Waals surface area contributed by atoms with E-state index in [4.69, 9.17) is 9.47 Å². The highest BCUT2D eigenvalue weighted by Gasteiger charge is 2.23. The molecule has 22 heavy (non-hydrogen) atoms. The van der Waals surface area contributed by atoms with E-state index in [0.29, 0.717) is 6.01 Å². The van der Waals surface area contributed by atoms with Gasteiger partial charge in [-0.3, -0.25) is 4.57 Å². The van der Waals surface area contributed by atoms with Crippen LogP contribution in [0.2, 0.25) is 0 Å². The maximum atomic E-state index is 14.5. The largest absolute Gasteiger partial charge is 0.488 e. The van der Waals surface area contributed by atoms with E-state index in [1.165, 1.54) is 17.1 Å². The van der Waals surface area contributed by atoms with Crippen LogP contribution in [0.25, 0.3) is 11.0 Å². The molecule has 6 heteroatoms. The Morgan fingerprint density at radius 1 is 1.27 bits per heavy atom. The highest BCUT2D eigenvalue weighted by Crippen LogP contribution is 2.32. The number of hydrogen-bond acceptors (Lipinski definition) is 3. The van der Waals surface area contributed by atoms with E-state index in [1.54, 1.807) is 14.0 Å². The third-order valence-electron chi connectivity index (χ3n) is 4.08. The predicted molar refractivity (Wildman–Crippen MR) is 79.3 cm³/mol. The fourth-order valence-corrected chi connectivity index (χ4v) is 2.97. The SMILES string of the molecule is CCOc1c(F)cc2nc(OC3CCCCC3)n(C)c2c1F. The first-order valence-electron chi connectivity index (χ1n) is 7.75. The Morgan fingerprint density at radius 3 is 2.68 bits per heavy atom. The molecule has 0 aliphatic heterocycles. The summed E-state index contributed by atoms with van der Waals surface area (Å²) >= 11 is 0. The van der Waals surface area contributed by atoms with Crippen LogP contribution in [0.4, 0.5) is 8.78 Å². The van der Waals surface area contributed by atoms with Crippen molar-refractivity contribution in [1.29, 1.82) is 0 Å². The molecular formula is C16H20F2N2O2. The number of aryl methyl sites for hydroxylation is 1. The van der Waals surface area contributed by atoms with Gasteiger partial charge < -0.3 is 9.47 Å². The van der Waals surface area contributed by atoms with Crippen molar-refractivity contribution in [2.45, 2.75) is 45.1 Å². The molecule has 0 N–H and O–H groups in total. The second-order valence-electron chi connectivity index (χ2n) is 5.63. The summed E-state index contributed by atoms with van der Waals surface area (Å²) in [5.41, 5.74) is 0.447. The van der Waals surface area contributed by atoms with Crippen molar-refractivity contribution in [2.24, 2.45) is 7.05 Å². The Morgan fingerprint density at radius 2 is 2.00 bits per heavy atom. The summed E-state index contributed by atoms with van der Waals surface area (Å²) in [6.07, 6.45) is 5.54. The van der Waals surface area contributed by atoms with Crippen molar-refractivity contribution in [3.05, 3.63) is 17.7 Å². The van der Waals surface area contributed by atoms with Crippen LogP contribution in [0.15, 0.2) is 6.07 Å². The van der Waals surface area contributed by atoms with Crippen molar-refractivity contribution < 1.29 is 18.3 Å². The second kappa shape index (κ2) is 6.10. The van der Waals surface area contributed by atoms with Gasteiger partial charge in [-0.15, -0.1) is 0 Å². The summed E-state index contributed by atoms with van der Waals surface area (Å²) in [6.45, 7) is 1.88. The lowest BCUT2D eigenvalue weighted by Crippen LogP contribution is -2.21. The molecule has 1 aliphatic carbocycles. The van der Waals surface area contributed by atoms with Gasteiger partial charge in [0.15, 0.2) is 17.4 Å². The zero-order valence-corrected chi connectivity index (χ0v) is 12.9. The number of benzene rings is 1. The Hall–Kier alpha value is -1.85. The van der Waals surface area contributed by atoms with Crippen molar-refractivity contribution in [1.82, 2.24) is 9.55 Å². The smallest absolute Gasteiger partial charge is 0.297 e. The number of nitrogens with zero attached hydrogens (tertiary/aromatic N) is 2. The first-order chi connectivity index (χ1) is 10.6. The summed E-state index contributed by atoms with van der Waals surface area (Å²) in [7, 11) is 1.67. The van der Waals surface area contributed by atoms with Crippen molar-refractivity contribution >= 4 is 11.0 Å². The number of ether oxygens (including phenoxy) is 2. The van der Waals surface area contributed by atoms with Crippen LogP contribution in [0, 0.1) is 11.6 Å². The zero-order chi connectivity index (χ0) is 15.7. The Kier molecular flexibility index (Phi) is 4.18. The number of hydrogen-bond donors (Lipinski definition) is 0. The van der Waals surface area contributed by atoms with Crippen LogP contribution in [-0.2, 0) is 7.05 Å². The average Bonchev–Trinajstić information content (AvgIpc) is 2.81. The molecule has 1 saturated carbocycles. The van der Waals surface area contributed by atoms with Gasteiger partial charge in [-0.2, -0.15) is 4.98 Å². The van der Waals surface area contributed by atoms with Crippen molar-refractivity contribution in [3.8, 4) is 11.8 Å². The maximum Gasteiger partial charge on any atom is 0.297 e. The van der Waals surface area contributed by atoms with Crippen LogP contribution in [-0.4, -0.2) is 22.3 Å². The fourth-order valence-electron chi connectivity index (χ4n) is 2.97. The van der Waals surface area contributed by atoms with Crippen LogP contribution in [0.3, 0.4) is 0 Å². The quantitative estimate of drug-likeness (QED) is 0.857. The lowest BCUT2D eigenvalue weighted by molar-refractivity contribution is 0.138. The third-order valence-corrected chi connectivity index (χ3v) is 4.08. The summed E-state index contributed by atoms with van der Waals surface area (Å²) in [5, 5.41) is 0. The molecule has 1 aromatic heterocycles. The fraction of sp³-hybridized carbons (Fsp3) is 0.562. The van der Waals surface area contributed by atoms with Crippen LogP contribution < -0.4 is 9.47 Å².